The molecule has 0 aromatic rings. The van der Waals surface area contributed by atoms with Crippen molar-refractivity contribution in [2.24, 2.45) is 0 Å². The third-order valence-electron chi connectivity index (χ3n) is 2.27. The Hall–Kier alpha value is -0.0151. The number of hydrogen-bond donors (Lipinski definition) is 2. The van der Waals surface area contributed by atoms with Crippen molar-refractivity contribution in [2.75, 3.05) is 0 Å². The molecule has 0 fully saturated rings. The van der Waals surface area contributed by atoms with E-state index >= 15 is 0 Å². The monoisotopic (exact) mass is 172 g/mol. The Morgan fingerprint density at radius 3 is 2.17 bits per heavy atom. The summed E-state index contributed by atoms with van der Waals surface area (Å²) in [4.78, 5) is 0. The fourth-order valence-electron chi connectivity index (χ4n) is 1.22. The van der Waals surface area contributed by atoms with Crippen LogP contribution in [0.5, 0.6) is 0 Å². The number of unbranched alkanes of at least 4 members (excludes halogenated alkanes) is 4. The Labute approximate surface area is 76.1 Å². The third kappa shape index (κ3) is 6.68. The lowest BCUT2D eigenvalue weighted by molar-refractivity contribution is 0.380. The highest BCUT2D eigenvalue weighted by atomic mass is 16.4. The lowest BCUT2D eigenvalue weighted by Gasteiger charge is -2.08. The first-order valence-corrected chi connectivity index (χ1v) is 5.04. The van der Waals surface area contributed by atoms with Crippen LogP contribution in [-0.4, -0.2) is 17.2 Å². The maximum atomic E-state index is 8.78. The second kappa shape index (κ2) is 7.62. The maximum absolute atomic E-state index is 8.78. The van der Waals surface area contributed by atoms with Crippen LogP contribution in [0.3, 0.4) is 0 Å². The molecule has 0 spiro atoms. The van der Waals surface area contributed by atoms with Crippen molar-refractivity contribution < 1.29 is 10.0 Å². The van der Waals surface area contributed by atoms with E-state index < -0.39 is 7.12 Å². The Bertz CT molecular complexity index is 96.5. The highest BCUT2D eigenvalue weighted by Crippen LogP contribution is 2.16. The first-order chi connectivity index (χ1) is 5.68. The zero-order chi connectivity index (χ0) is 9.40. The fraction of sp³-hybridized carbons (Fsp3) is 1.00. The maximum Gasteiger partial charge on any atom is 0.454 e. The summed E-state index contributed by atoms with van der Waals surface area (Å²) in [5.41, 5.74) is 0. The summed E-state index contributed by atoms with van der Waals surface area (Å²) in [7, 11) is -1.13. The molecule has 0 heterocycles. The molecule has 72 valence electrons. The van der Waals surface area contributed by atoms with Gasteiger partial charge >= 0.3 is 7.12 Å². The predicted molar refractivity (Wildman–Crippen MR) is 53.0 cm³/mol. The number of hydrogen-bond acceptors (Lipinski definition) is 2. The average molecular weight is 172 g/mol. The molecule has 0 aromatic carbocycles. The summed E-state index contributed by atoms with van der Waals surface area (Å²) < 4.78 is 0. The van der Waals surface area contributed by atoms with Crippen LogP contribution >= 0.6 is 0 Å². The Kier molecular flexibility index (Phi) is 7.62. The van der Waals surface area contributed by atoms with Gasteiger partial charge in [0.15, 0.2) is 0 Å². The average Bonchev–Trinajstić information content (AvgIpc) is 2.03. The molecule has 2 nitrogen and oxygen atoms in total. The molecule has 0 radical (unpaired) electrons. The minimum absolute atomic E-state index is 0.0339. The molecule has 0 aliphatic carbocycles. The topological polar surface area (TPSA) is 40.5 Å². The van der Waals surface area contributed by atoms with Crippen LogP contribution in [0.25, 0.3) is 0 Å². The highest BCUT2D eigenvalue weighted by Gasteiger charge is 2.16. The summed E-state index contributed by atoms with van der Waals surface area (Å²) in [5.74, 6) is 0.0339. The van der Waals surface area contributed by atoms with Gasteiger partial charge in [0.2, 0.25) is 0 Å². The van der Waals surface area contributed by atoms with E-state index in [-0.39, 0.29) is 5.82 Å². The molecule has 0 rings (SSSR count). The standard InChI is InChI=1S/C9H21BO2/c1-3-4-5-6-7-8-9(2)10(11)12/h9,11-12H,3-8H2,1-2H3. The van der Waals surface area contributed by atoms with Gasteiger partial charge in [-0.15, -0.1) is 0 Å². The van der Waals surface area contributed by atoms with Crippen molar-refractivity contribution in [1.82, 2.24) is 0 Å². The van der Waals surface area contributed by atoms with Crippen molar-refractivity contribution in [3.63, 3.8) is 0 Å². The predicted octanol–water partition coefficient (Wildman–Crippen LogP) is 2.21. The molecule has 0 aromatic heterocycles. The Morgan fingerprint density at radius 1 is 1.08 bits per heavy atom. The molecule has 3 heteroatoms. The molecular formula is C9H21BO2. The highest BCUT2D eigenvalue weighted by molar-refractivity contribution is 6.42. The van der Waals surface area contributed by atoms with E-state index in [1.807, 2.05) is 6.92 Å². The minimum atomic E-state index is -1.13. The van der Waals surface area contributed by atoms with Crippen molar-refractivity contribution in [3.05, 3.63) is 0 Å². The minimum Gasteiger partial charge on any atom is -0.427 e. The smallest absolute Gasteiger partial charge is 0.427 e. The molecule has 0 saturated heterocycles. The molecule has 2 N–H and O–H groups in total. The summed E-state index contributed by atoms with van der Waals surface area (Å²) >= 11 is 0. The molecule has 1 atom stereocenters. The molecule has 0 saturated carbocycles. The van der Waals surface area contributed by atoms with Gasteiger partial charge in [0.25, 0.3) is 0 Å². The third-order valence-corrected chi connectivity index (χ3v) is 2.27. The summed E-state index contributed by atoms with van der Waals surface area (Å²) in [6, 6.07) is 0. The SMILES string of the molecule is CCCCCCCC(C)B(O)O. The van der Waals surface area contributed by atoms with E-state index in [2.05, 4.69) is 6.92 Å². The Morgan fingerprint density at radius 2 is 1.67 bits per heavy atom. The van der Waals surface area contributed by atoms with Crippen molar-refractivity contribution >= 4 is 7.12 Å². The molecule has 0 amide bonds. The van der Waals surface area contributed by atoms with Gasteiger partial charge in [-0.05, 0) is 5.82 Å². The van der Waals surface area contributed by atoms with Crippen LogP contribution in [0.4, 0.5) is 0 Å². The molecule has 0 bridgehead atoms. The first kappa shape index (κ1) is 12.0. The zero-order valence-electron chi connectivity index (χ0n) is 8.29. The van der Waals surface area contributed by atoms with E-state index in [4.69, 9.17) is 10.0 Å². The van der Waals surface area contributed by atoms with Crippen molar-refractivity contribution in [1.29, 1.82) is 0 Å². The van der Waals surface area contributed by atoms with E-state index in [0.717, 1.165) is 12.8 Å². The van der Waals surface area contributed by atoms with E-state index in [9.17, 15) is 0 Å². The van der Waals surface area contributed by atoms with Crippen LogP contribution in [-0.2, 0) is 0 Å². The van der Waals surface area contributed by atoms with E-state index in [0.29, 0.717) is 0 Å². The largest absolute Gasteiger partial charge is 0.454 e. The van der Waals surface area contributed by atoms with Gasteiger partial charge in [0, 0.05) is 0 Å². The summed E-state index contributed by atoms with van der Waals surface area (Å²) in [6.45, 7) is 4.07. The first-order valence-electron chi connectivity index (χ1n) is 5.04. The second-order valence-corrected chi connectivity index (χ2v) is 3.59. The fourth-order valence-corrected chi connectivity index (χ4v) is 1.22. The van der Waals surface area contributed by atoms with Gasteiger partial charge in [0.05, 0.1) is 0 Å². The molecule has 1 unspecified atom stereocenters. The molecule has 12 heavy (non-hydrogen) atoms. The lowest BCUT2D eigenvalue weighted by atomic mass is 9.71. The second-order valence-electron chi connectivity index (χ2n) is 3.59. The van der Waals surface area contributed by atoms with Crippen molar-refractivity contribution in [2.45, 2.75) is 58.2 Å². The number of rotatable bonds is 7. The van der Waals surface area contributed by atoms with Crippen LogP contribution in [0.15, 0.2) is 0 Å². The Balaban J connectivity index is 3.08. The molecular weight excluding hydrogens is 151 g/mol. The van der Waals surface area contributed by atoms with Gasteiger partial charge < -0.3 is 10.0 Å². The van der Waals surface area contributed by atoms with Crippen molar-refractivity contribution in [3.8, 4) is 0 Å². The van der Waals surface area contributed by atoms with Crippen LogP contribution < -0.4 is 0 Å². The van der Waals surface area contributed by atoms with Gasteiger partial charge in [-0.25, -0.2) is 0 Å². The van der Waals surface area contributed by atoms with Gasteiger partial charge in [-0.1, -0.05) is 52.4 Å². The molecule has 0 aliphatic heterocycles. The van der Waals surface area contributed by atoms with Crippen LogP contribution in [0, 0.1) is 0 Å². The van der Waals surface area contributed by atoms with Gasteiger partial charge in [0.1, 0.15) is 0 Å². The lowest BCUT2D eigenvalue weighted by Crippen LogP contribution is -2.17. The van der Waals surface area contributed by atoms with Crippen LogP contribution in [0.2, 0.25) is 5.82 Å². The van der Waals surface area contributed by atoms with E-state index in [1.54, 1.807) is 0 Å². The van der Waals surface area contributed by atoms with Gasteiger partial charge in [-0.2, -0.15) is 0 Å². The van der Waals surface area contributed by atoms with E-state index in [1.165, 1.54) is 25.7 Å². The quantitative estimate of drug-likeness (QED) is 0.456. The summed E-state index contributed by atoms with van der Waals surface area (Å²) in [6.07, 6.45) is 7.13. The van der Waals surface area contributed by atoms with Crippen LogP contribution in [0.1, 0.15) is 52.4 Å². The normalized spacial score (nSPS) is 13.0. The van der Waals surface area contributed by atoms with Gasteiger partial charge in [-0.3, -0.25) is 0 Å². The summed E-state index contributed by atoms with van der Waals surface area (Å²) in [5, 5.41) is 17.6. The zero-order valence-corrected chi connectivity index (χ0v) is 8.29. The molecule has 0 aliphatic rings.